The van der Waals surface area contributed by atoms with Crippen LogP contribution in [0.5, 0.6) is 0 Å². The second-order valence-corrected chi connectivity index (χ2v) is 7.55. The molecule has 0 spiro atoms. The van der Waals surface area contributed by atoms with Crippen LogP contribution in [0.4, 0.5) is 0 Å². The average molecular weight is 298 g/mol. The van der Waals surface area contributed by atoms with Gasteiger partial charge in [-0.2, -0.15) is 4.31 Å². The molecule has 0 radical (unpaired) electrons. The minimum absolute atomic E-state index is 0.108. The first-order chi connectivity index (χ1) is 9.54. The highest BCUT2D eigenvalue weighted by Gasteiger charge is 2.44. The first-order valence-electron chi connectivity index (χ1n) is 7.30. The highest BCUT2D eigenvalue weighted by Crippen LogP contribution is 2.31. The number of sulfonamides is 1. The van der Waals surface area contributed by atoms with Gasteiger partial charge in [0.15, 0.2) is 5.03 Å². The van der Waals surface area contributed by atoms with Gasteiger partial charge in [-0.05, 0) is 32.2 Å². The van der Waals surface area contributed by atoms with Crippen molar-refractivity contribution >= 4 is 10.0 Å². The van der Waals surface area contributed by atoms with Crippen molar-refractivity contribution in [2.75, 3.05) is 19.6 Å². The monoisotopic (exact) mass is 298 g/mol. The van der Waals surface area contributed by atoms with E-state index in [1.807, 2.05) is 11.5 Å². The molecule has 1 N–H and O–H groups in total. The summed E-state index contributed by atoms with van der Waals surface area (Å²) in [6.45, 7) is 7.06. The summed E-state index contributed by atoms with van der Waals surface area (Å²) < 4.78 is 29.1. The summed E-state index contributed by atoms with van der Waals surface area (Å²) in [6.07, 6.45) is 3.60. The van der Waals surface area contributed by atoms with Crippen LogP contribution in [0.2, 0.25) is 0 Å². The smallest absolute Gasteiger partial charge is 0.262 e. The summed E-state index contributed by atoms with van der Waals surface area (Å²) in [5.41, 5.74) is 0. The second kappa shape index (κ2) is 5.13. The van der Waals surface area contributed by atoms with E-state index < -0.39 is 10.0 Å². The zero-order chi connectivity index (χ0) is 14.3. The van der Waals surface area contributed by atoms with E-state index in [2.05, 4.69) is 17.2 Å². The zero-order valence-corrected chi connectivity index (χ0v) is 12.9. The van der Waals surface area contributed by atoms with Crippen molar-refractivity contribution < 1.29 is 8.42 Å². The number of nitrogens with one attached hydrogen (secondary N) is 1. The molecule has 2 aliphatic rings. The first kappa shape index (κ1) is 14.0. The molecule has 3 rings (SSSR count). The van der Waals surface area contributed by atoms with Crippen molar-refractivity contribution in [2.45, 2.75) is 44.3 Å². The number of hydrogen-bond donors (Lipinski definition) is 1. The molecule has 1 aromatic heterocycles. The van der Waals surface area contributed by atoms with Gasteiger partial charge in [0, 0.05) is 31.9 Å². The summed E-state index contributed by atoms with van der Waals surface area (Å²) in [7, 11) is -3.45. The van der Waals surface area contributed by atoms with Gasteiger partial charge in [0.2, 0.25) is 0 Å². The molecule has 0 amide bonds. The number of hydrogen-bond acceptors (Lipinski definition) is 4. The molecule has 2 fully saturated rings. The number of fused-ring (bicyclic) bond motifs is 1. The molecule has 0 aromatic carbocycles. The SMILES string of the molecule is CCCn1cc(S(=O)(=O)N2CC[C@H]3CNC[C@H]32)nc1C. The van der Waals surface area contributed by atoms with Crippen LogP contribution in [-0.2, 0) is 16.6 Å². The van der Waals surface area contributed by atoms with Crippen LogP contribution in [0.15, 0.2) is 11.2 Å². The number of nitrogens with zero attached hydrogens (tertiary/aromatic N) is 3. The van der Waals surface area contributed by atoms with Crippen molar-refractivity contribution in [3.63, 3.8) is 0 Å². The Morgan fingerprint density at radius 2 is 2.25 bits per heavy atom. The van der Waals surface area contributed by atoms with E-state index in [4.69, 9.17) is 0 Å². The van der Waals surface area contributed by atoms with Crippen LogP contribution >= 0.6 is 0 Å². The standard InChI is InChI=1S/C13H22N4O2S/c1-3-5-16-9-13(15-10(16)2)20(18,19)17-6-4-11-7-14-8-12(11)17/h9,11-12,14H,3-8H2,1-2H3/t11-,12+/m0/s1. The first-order valence-corrected chi connectivity index (χ1v) is 8.74. The molecule has 112 valence electrons. The van der Waals surface area contributed by atoms with Crippen molar-refractivity contribution in [1.29, 1.82) is 0 Å². The fraction of sp³-hybridized carbons (Fsp3) is 0.769. The molecular weight excluding hydrogens is 276 g/mol. The van der Waals surface area contributed by atoms with Gasteiger partial charge in [0.25, 0.3) is 10.0 Å². The second-order valence-electron chi connectivity index (χ2n) is 5.71. The summed E-state index contributed by atoms with van der Waals surface area (Å²) in [4.78, 5) is 4.27. The molecule has 20 heavy (non-hydrogen) atoms. The largest absolute Gasteiger partial charge is 0.334 e. The van der Waals surface area contributed by atoms with Gasteiger partial charge in [0.05, 0.1) is 0 Å². The fourth-order valence-corrected chi connectivity index (χ4v) is 5.00. The lowest BCUT2D eigenvalue weighted by atomic mass is 10.1. The van der Waals surface area contributed by atoms with E-state index in [1.165, 1.54) is 0 Å². The summed E-state index contributed by atoms with van der Waals surface area (Å²) in [5.74, 6) is 1.23. The molecule has 1 aromatic rings. The van der Waals surface area contributed by atoms with Gasteiger partial charge in [-0.1, -0.05) is 6.92 Å². The molecule has 2 aliphatic heterocycles. The molecule has 2 saturated heterocycles. The van der Waals surface area contributed by atoms with Crippen molar-refractivity contribution in [3.05, 3.63) is 12.0 Å². The molecule has 0 aliphatic carbocycles. The summed E-state index contributed by atoms with van der Waals surface area (Å²) in [6, 6.07) is 0.108. The van der Waals surface area contributed by atoms with Gasteiger partial charge in [-0.25, -0.2) is 13.4 Å². The Labute approximate surface area is 120 Å². The number of aromatic nitrogens is 2. The average Bonchev–Trinajstić information content (AvgIpc) is 3.05. The summed E-state index contributed by atoms with van der Waals surface area (Å²) >= 11 is 0. The Morgan fingerprint density at radius 1 is 1.45 bits per heavy atom. The van der Waals surface area contributed by atoms with Gasteiger partial charge >= 0.3 is 0 Å². The van der Waals surface area contributed by atoms with Crippen LogP contribution in [0.25, 0.3) is 0 Å². The number of rotatable bonds is 4. The molecule has 2 atom stereocenters. The molecular formula is C13H22N4O2S. The summed E-state index contributed by atoms with van der Waals surface area (Å²) in [5, 5.41) is 3.49. The Balaban J connectivity index is 1.90. The highest BCUT2D eigenvalue weighted by atomic mass is 32.2. The fourth-order valence-electron chi connectivity index (χ4n) is 3.30. The Morgan fingerprint density at radius 3 is 3.00 bits per heavy atom. The van der Waals surface area contributed by atoms with Crippen molar-refractivity contribution in [2.24, 2.45) is 5.92 Å². The third kappa shape index (κ3) is 2.17. The zero-order valence-electron chi connectivity index (χ0n) is 12.0. The minimum atomic E-state index is -3.45. The van der Waals surface area contributed by atoms with Crippen molar-refractivity contribution in [3.8, 4) is 0 Å². The number of aryl methyl sites for hydroxylation is 2. The van der Waals surface area contributed by atoms with Crippen LogP contribution in [0.1, 0.15) is 25.6 Å². The topological polar surface area (TPSA) is 67.2 Å². The third-order valence-corrected chi connectivity index (χ3v) is 6.18. The maximum atomic E-state index is 12.8. The van der Waals surface area contributed by atoms with Gasteiger partial charge < -0.3 is 9.88 Å². The Kier molecular flexibility index (Phi) is 3.60. The van der Waals surface area contributed by atoms with E-state index in [0.717, 1.165) is 38.3 Å². The highest BCUT2D eigenvalue weighted by molar-refractivity contribution is 7.89. The predicted octanol–water partition coefficient (Wildman–Crippen LogP) is 0.584. The minimum Gasteiger partial charge on any atom is -0.334 e. The molecule has 6 nitrogen and oxygen atoms in total. The van der Waals surface area contributed by atoms with Crippen LogP contribution in [0, 0.1) is 12.8 Å². The normalized spacial score (nSPS) is 27.1. The van der Waals surface area contributed by atoms with E-state index in [-0.39, 0.29) is 11.1 Å². The van der Waals surface area contributed by atoms with Gasteiger partial charge in [-0.15, -0.1) is 0 Å². The van der Waals surface area contributed by atoms with Gasteiger partial charge in [-0.3, -0.25) is 0 Å². The van der Waals surface area contributed by atoms with Crippen molar-refractivity contribution in [1.82, 2.24) is 19.2 Å². The maximum Gasteiger partial charge on any atom is 0.262 e. The predicted molar refractivity (Wildman–Crippen MR) is 75.9 cm³/mol. The van der Waals surface area contributed by atoms with E-state index >= 15 is 0 Å². The van der Waals surface area contributed by atoms with Gasteiger partial charge in [0.1, 0.15) is 5.82 Å². The van der Waals surface area contributed by atoms with Crippen LogP contribution < -0.4 is 5.32 Å². The Hall–Kier alpha value is -0.920. The van der Waals surface area contributed by atoms with Crippen LogP contribution in [-0.4, -0.2) is 48.0 Å². The van der Waals surface area contributed by atoms with E-state index in [9.17, 15) is 8.42 Å². The molecule has 7 heteroatoms. The molecule has 0 unspecified atom stereocenters. The molecule has 0 saturated carbocycles. The lowest BCUT2D eigenvalue weighted by Gasteiger charge is -2.21. The van der Waals surface area contributed by atoms with Crippen LogP contribution in [0.3, 0.4) is 0 Å². The third-order valence-electron chi connectivity index (χ3n) is 4.39. The quantitative estimate of drug-likeness (QED) is 0.883. The number of imidazole rings is 1. The van der Waals surface area contributed by atoms with E-state index in [0.29, 0.717) is 12.5 Å². The lowest BCUT2D eigenvalue weighted by Crippen LogP contribution is -2.39. The Bertz CT molecular complexity index is 596. The maximum absolute atomic E-state index is 12.8. The lowest BCUT2D eigenvalue weighted by molar-refractivity contribution is 0.381. The molecule has 3 heterocycles. The van der Waals surface area contributed by atoms with E-state index in [1.54, 1.807) is 10.5 Å². The molecule has 0 bridgehead atoms.